The zero-order chi connectivity index (χ0) is 23.9. The first-order chi connectivity index (χ1) is 15.0. The summed E-state index contributed by atoms with van der Waals surface area (Å²) in [6.45, 7) is 15.2. The van der Waals surface area contributed by atoms with Crippen LogP contribution in [0.1, 0.15) is 70.6 Å². The van der Waals surface area contributed by atoms with Gasteiger partial charge in [-0.25, -0.2) is 9.97 Å². The van der Waals surface area contributed by atoms with Crippen molar-refractivity contribution in [3.63, 3.8) is 0 Å². The van der Waals surface area contributed by atoms with E-state index in [9.17, 15) is 9.59 Å². The van der Waals surface area contributed by atoms with E-state index in [1.807, 2.05) is 4.90 Å². The van der Waals surface area contributed by atoms with E-state index >= 15 is 0 Å². The Kier molecular flexibility index (Phi) is 14.2. The number of methoxy groups -OCH3 is 1. The van der Waals surface area contributed by atoms with Gasteiger partial charge < -0.3 is 20.3 Å². The lowest BCUT2D eigenvalue weighted by Gasteiger charge is -2.38. The third-order valence-corrected chi connectivity index (χ3v) is 5.67. The molecule has 0 radical (unpaired) electrons. The first-order valence-corrected chi connectivity index (χ1v) is 11.7. The number of carbonyl (C=O) groups is 2. The van der Waals surface area contributed by atoms with Crippen LogP contribution in [0.15, 0.2) is 6.20 Å². The minimum atomic E-state index is -0.232. The van der Waals surface area contributed by atoms with E-state index in [2.05, 4.69) is 50.2 Å². The van der Waals surface area contributed by atoms with Crippen molar-refractivity contribution in [3.05, 3.63) is 17.6 Å². The summed E-state index contributed by atoms with van der Waals surface area (Å²) in [6, 6.07) is -0.0452. The number of hydrogen-bond acceptors (Lipinski definition) is 7. The maximum absolute atomic E-state index is 13.8. The van der Waals surface area contributed by atoms with Gasteiger partial charge in [0.2, 0.25) is 0 Å². The summed E-state index contributed by atoms with van der Waals surface area (Å²) >= 11 is 0. The molecular weight excluding hydrogens is 477 g/mol. The molecule has 0 spiro atoms. The Hall–Kier alpha value is -1.48. The molecule has 0 bridgehead atoms. The Labute approximate surface area is 217 Å². The Bertz CT molecular complexity index is 786. The van der Waals surface area contributed by atoms with Crippen LogP contribution in [0.25, 0.3) is 0 Å². The molecule has 1 amide bonds. The summed E-state index contributed by atoms with van der Waals surface area (Å²) in [5.41, 5.74) is 0.241. The molecule has 2 rings (SSSR count). The van der Waals surface area contributed by atoms with Crippen molar-refractivity contribution in [1.82, 2.24) is 20.2 Å². The summed E-state index contributed by atoms with van der Waals surface area (Å²) in [4.78, 5) is 37.0. The Morgan fingerprint density at radius 3 is 2.50 bits per heavy atom. The van der Waals surface area contributed by atoms with Crippen LogP contribution >= 0.6 is 24.8 Å². The van der Waals surface area contributed by atoms with Crippen LogP contribution in [0.2, 0.25) is 0 Å². The van der Waals surface area contributed by atoms with Crippen molar-refractivity contribution >= 4 is 42.3 Å². The zero-order valence-corrected chi connectivity index (χ0v) is 23.3. The molecule has 0 saturated carbocycles. The van der Waals surface area contributed by atoms with Crippen molar-refractivity contribution in [2.75, 3.05) is 45.2 Å². The van der Waals surface area contributed by atoms with Gasteiger partial charge in [0, 0.05) is 63.5 Å². The van der Waals surface area contributed by atoms with Gasteiger partial charge in [0.25, 0.3) is 5.91 Å². The zero-order valence-electron chi connectivity index (χ0n) is 21.6. The average molecular weight is 521 g/mol. The second-order valence-electron chi connectivity index (χ2n) is 10.2. The highest BCUT2D eigenvalue weighted by molar-refractivity contribution is 5.98. The van der Waals surface area contributed by atoms with Crippen molar-refractivity contribution in [1.29, 1.82) is 0 Å². The van der Waals surface area contributed by atoms with Crippen LogP contribution in [0.4, 0.5) is 5.82 Å². The maximum Gasteiger partial charge on any atom is 0.259 e. The van der Waals surface area contributed by atoms with Crippen molar-refractivity contribution in [2.24, 2.45) is 11.8 Å². The highest BCUT2D eigenvalue weighted by Gasteiger charge is 2.33. The second kappa shape index (κ2) is 14.8. The molecule has 1 aromatic rings. The number of nitrogens with one attached hydrogen (secondary N) is 2. The van der Waals surface area contributed by atoms with E-state index in [0.717, 1.165) is 6.42 Å². The Morgan fingerprint density at radius 1 is 1.26 bits per heavy atom. The predicted molar refractivity (Wildman–Crippen MR) is 142 cm³/mol. The van der Waals surface area contributed by atoms with Crippen LogP contribution in [0.5, 0.6) is 0 Å². The normalized spacial score (nSPS) is 18.0. The van der Waals surface area contributed by atoms with Gasteiger partial charge in [-0.05, 0) is 25.7 Å². The van der Waals surface area contributed by atoms with E-state index in [0.29, 0.717) is 62.3 Å². The fourth-order valence-electron chi connectivity index (χ4n) is 3.87. The fraction of sp³-hybridized carbons (Fsp3) is 0.750. The Balaban J connectivity index is 0.00000544. The molecule has 1 aliphatic rings. The van der Waals surface area contributed by atoms with Crippen LogP contribution in [-0.2, 0) is 14.9 Å². The number of rotatable bonds is 10. The van der Waals surface area contributed by atoms with Gasteiger partial charge in [-0.15, -0.1) is 24.8 Å². The first kappa shape index (κ1) is 32.5. The van der Waals surface area contributed by atoms with Gasteiger partial charge in [0.05, 0.1) is 0 Å². The third-order valence-electron chi connectivity index (χ3n) is 5.67. The van der Waals surface area contributed by atoms with Gasteiger partial charge >= 0.3 is 0 Å². The summed E-state index contributed by atoms with van der Waals surface area (Å²) in [5, 5.41) is 6.67. The van der Waals surface area contributed by atoms with Gasteiger partial charge in [-0.3, -0.25) is 9.59 Å². The number of anilines is 1. The van der Waals surface area contributed by atoms with Gasteiger partial charge in [-0.2, -0.15) is 0 Å². The lowest BCUT2D eigenvalue weighted by molar-refractivity contribution is -0.121. The molecule has 34 heavy (non-hydrogen) atoms. The van der Waals surface area contributed by atoms with E-state index in [1.54, 1.807) is 20.2 Å². The smallest absolute Gasteiger partial charge is 0.259 e. The third kappa shape index (κ3) is 9.29. The molecule has 1 aliphatic heterocycles. The molecule has 10 heteroatoms. The van der Waals surface area contributed by atoms with Crippen LogP contribution < -0.4 is 10.6 Å². The number of halogens is 2. The highest BCUT2D eigenvalue weighted by Crippen LogP contribution is 2.25. The maximum atomic E-state index is 13.8. The molecule has 0 aromatic carbocycles. The highest BCUT2D eigenvalue weighted by atomic mass is 35.5. The van der Waals surface area contributed by atoms with Gasteiger partial charge in [-0.1, -0.05) is 34.6 Å². The van der Waals surface area contributed by atoms with Crippen molar-refractivity contribution in [2.45, 2.75) is 65.8 Å². The van der Waals surface area contributed by atoms with E-state index in [-0.39, 0.29) is 53.9 Å². The number of carbonyl (C=O) groups excluding carboxylic acids is 2. The van der Waals surface area contributed by atoms with Crippen LogP contribution in [0, 0.1) is 11.8 Å². The molecule has 2 N–H and O–H groups in total. The van der Waals surface area contributed by atoms with E-state index in [4.69, 9.17) is 9.72 Å². The van der Waals surface area contributed by atoms with E-state index < -0.39 is 0 Å². The largest absolute Gasteiger partial charge is 0.385 e. The lowest BCUT2D eigenvalue weighted by Crippen LogP contribution is -2.53. The molecule has 2 heterocycles. The van der Waals surface area contributed by atoms with Crippen LogP contribution in [0.3, 0.4) is 0 Å². The summed E-state index contributed by atoms with van der Waals surface area (Å²) in [7, 11) is 1.67. The number of hydrogen-bond donors (Lipinski definition) is 2. The van der Waals surface area contributed by atoms with Crippen molar-refractivity contribution in [3.8, 4) is 0 Å². The molecule has 1 aromatic heterocycles. The summed E-state index contributed by atoms with van der Waals surface area (Å²) in [6.07, 6.45) is 3.14. The number of amides is 1. The average Bonchev–Trinajstić information content (AvgIpc) is 2.73. The molecule has 0 aliphatic carbocycles. The summed E-state index contributed by atoms with van der Waals surface area (Å²) < 4.78 is 5.14. The number of ether oxygens (including phenoxy) is 1. The monoisotopic (exact) mass is 519 g/mol. The SMILES string of the molecule is COCCCNc1nc(C(C)(C)C)ncc1C(=O)N(CC(C)C)[C@@H]1CNC[C@H](C(C)=O)C1.Cl.Cl. The van der Waals surface area contributed by atoms with Crippen LogP contribution in [-0.4, -0.2) is 72.5 Å². The number of Topliss-reactive ketones (excluding diaryl/α,β-unsaturated/α-hetero) is 1. The molecule has 0 unspecified atom stereocenters. The number of ketones is 1. The molecular formula is C24H43Cl2N5O3. The minimum Gasteiger partial charge on any atom is -0.385 e. The molecule has 196 valence electrons. The first-order valence-electron chi connectivity index (χ1n) is 11.7. The van der Waals surface area contributed by atoms with Gasteiger partial charge in [0.15, 0.2) is 0 Å². The predicted octanol–water partition coefficient (Wildman–Crippen LogP) is 3.73. The fourth-order valence-corrected chi connectivity index (χ4v) is 3.87. The summed E-state index contributed by atoms with van der Waals surface area (Å²) in [5.74, 6) is 1.55. The quantitative estimate of drug-likeness (QED) is 0.454. The molecule has 1 saturated heterocycles. The Morgan fingerprint density at radius 2 is 1.94 bits per heavy atom. The van der Waals surface area contributed by atoms with Crippen molar-refractivity contribution < 1.29 is 14.3 Å². The number of aromatic nitrogens is 2. The lowest BCUT2D eigenvalue weighted by atomic mass is 9.91. The molecule has 1 fully saturated rings. The van der Waals surface area contributed by atoms with E-state index in [1.165, 1.54) is 0 Å². The standard InChI is InChI=1S/C24H41N5O3.2ClH/c1-16(2)15-29(19-11-18(17(3)30)12-25-13-19)22(31)20-14-27-23(24(4,5)6)28-21(20)26-9-8-10-32-7;;/h14,16,18-19,25H,8-13,15H2,1-7H3,(H,26,27,28);2*1H/t18-,19+;;/m1../s1. The number of piperidine rings is 1. The number of nitrogens with zero attached hydrogens (tertiary/aromatic N) is 3. The second-order valence-corrected chi connectivity index (χ2v) is 10.2. The minimum absolute atomic E-state index is 0. The molecule has 2 atom stereocenters. The molecule has 8 nitrogen and oxygen atoms in total. The topological polar surface area (TPSA) is 96.4 Å². The van der Waals surface area contributed by atoms with Gasteiger partial charge in [0.1, 0.15) is 23.0 Å².